The highest BCUT2D eigenvalue weighted by Crippen LogP contribution is 2.34. The second-order valence-corrected chi connectivity index (χ2v) is 6.38. The van der Waals surface area contributed by atoms with E-state index in [1.54, 1.807) is 0 Å². The van der Waals surface area contributed by atoms with Crippen LogP contribution < -0.4 is 0 Å². The molecule has 20 heavy (non-hydrogen) atoms. The third-order valence-electron chi connectivity index (χ3n) is 4.86. The molecule has 0 amide bonds. The van der Waals surface area contributed by atoms with Crippen molar-refractivity contribution in [3.05, 3.63) is 35.4 Å². The molecule has 108 valence electrons. The number of aryl methyl sites for hydroxylation is 1. The van der Waals surface area contributed by atoms with Crippen LogP contribution >= 0.6 is 0 Å². The fourth-order valence-electron chi connectivity index (χ4n) is 3.42. The van der Waals surface area contributed by atoms with Crippen LogP contribution in [0.5, 0.6) is 0 Å². The molecule has 0 spiro atoms. The smallest absolute Gasteiger partial charge is 0.0991 e. The molecule has 1 aliphatic rings. The van der Waals surface area contributed by atoms with E-state index >= 15 is 0 Å². The molecular weight excluding hydrogens is 242 g/mol. The molecule has 1 nitrogen and oxygen atoms in total. The molecule has 2 rings (SSSR count). The van der Waals surface area contributed by atoms with E-state index in [0.717, 1.165) is 17.4 Å². The Balaban J connectivity index is 1.69. The first-order chi connectivity index (χ1) is 9.81. The summed E-state index contributed by atoms with van der Waals surface area (Å²) in [7, 11) is 0. The molecule has 1 aliphatic carbocycles. The van der Waals surface area contributed by atoms with Crippen LogP contribution in [0.15, 0.2) is 24.3 Å². The van der Waals surface area contributed by atoms with Crippen molar-refractivity contribution in [3.63, 3.8) is 0 Å². The lowest BCUT2D eigenvalue weighted by Crippen LogP contribution is -2.15. The Kier molecular flexibility index (Phi) is 6.12. The fourth-order valence-corrected chi connectivity index (χ4v) is 3.42. The Labute approximate surface area is 124 Å². The van der Waals surface area contributed by atoms with Gasteiger partial charge in [0.05, 0.1) is 11.6 Å². The van der Waals surface area contributed by atoms with Crippen molar-refractivity contribution in [2.24, 2.45) is 11.8 Å². The lowest BCUT2D eigenvalue weighted by molar-refractivity contribution is 0.250. The van der Waals surface area contributed by atoms with Gasteiger partial charge in [-0.25, -0.2) is 0 Å². The lowest BCUT2D eigenvalue weighted by atomic mass is 9.78. The minimum Gasteiger partial charge on any atom is -0.192 e. The van der Waals surface area contributed by atoms with Crippen LogP contribution in [-0.2, 0) is 6.42 Å². The van der Waals surface area contributed by atoms with Crippen molar-refractivity contribution in [1.82, 2.24) is 0 Å². The average Bonchev–Trinajstić information content (AvgIpc) is 2.52. The zero-order chi connectivity index (χ0) is 14.2. The summed E-state index contributed by atoms with van der Waals surface area (Å²) in [6, 6.07) is 10.3. The summed E-state index contributed by atoms with van der Waals surface area (Å²) in [6.07, 6.45) is 12.5. The Morgan fingerprint density at radius 2 is 1.60 bits per heavy atom. The number of nitrogens with zero attached hydrogens (tertiary/aromatic N) is 1. The molecule has 0 unspecified atom stereocenters. The number of nitriles is 1. The summed E-state index contributed by atoms with van der Waals surface area (Å²) < 4.78 is 0. The Bertz CT molecular complexity index is 418. The standard InChI is InChI=1S/C19H27N/c1-2-3-4-16-5-7-17(8-6-16)9-10-18-11-13-19(15-20)14-12-18/h11-14,16-17H,2-10H2,1H3/t16-,17-. The zero-order valence-electron chi connectivity index (χ0n) is 12.8. The zero-order valence-corrected chi connectivity index (χ0v) is 12.8. The minimum absolute atomic E-state index is 0.769. The first kappa shape index (κ1) is 15.1. The third-order valence-corrected chi connectivity index (χ3v) is 4.86. The largest absolute Gasteiger partial charge is 0.192 e. The highest BCUT2D eigenvalue weighted by Gasteiger charge is 2.20. The monoisotopic (exact) mass is 269 g/mol. The highest BCUT2D eigenvalue weighted by molar-refractivity contribution is 5.31. The van der Waals surface area contributed by atoms with Crippen LogP contribution in [-0.4, -0.2) is 0 Å². The number of rotatable bonds is 6. The van der Waals surface area contributed by atoms with Crippen molar-refractivity contribution < 1.29 is 0 Å². The van der Waals surface area contributed by atoms with Crippen molar-refractivity contribution in [2.75, 3.05) is 0 Å². The number of hydrogen-bond donors (Lipinski definition) is 0. The molecule has 0 radical (unpaired) electrons. The molecule has 0 aliphatic heterocycles. The molecule has 1 aromatic carbocycles. The fraction of sp³-hybridized carbons (Fsp3) is 0.632. The van der Waals surface area contributed by atoms with Gasteiger partial charge >= 0.3 is 0 Å². The van der Waals surface area contributed by atoms with Gasteiger partial charge in [-0.2, -0.15) is 5.26 Å². The quantitative estimate of drug-likeness (QED) is 0.670. The number of benzene rings is 1. The van der Waals surface area contributed by atoms with Crippen molar-refractivity contribution in [2.45, 2.75) is 64.7 Å². The van der Waals surface area contributed by atoms with Crippen LogP contribution in [0.3, 0.4) is 0 Å². The van der Waals surface area contributed by atoms with Crippen LogP contribution in [0, 0.1) is 23.2 Å². The molecule has 0 N–H and O–H groups in total. The summed E-state index contributed by atoms with van der Waals surface area (Å²) in [4.78, 5) is 0. The molecule has 1 fully saturated rings. The van der Waals surface area contributed by atoms with E-state index in [0.29, 0.717) is 0 Å². The van der Waals surface area contributed by atoms with Crippen molar-refractivity contribution >= 4 is 0 Å². The Morgan fingerprint density at radius 3 is 2.15 bits per heavy atom. The second kappa shape index (κ2) is 8.10. The molecule has 0 aromatic heterocycles. The molecule has 1 heteroatoms. The maximum absolute atomic E-state index is 8.80. The van der Waals surface area contributed by atoms with Gasteiger partial charge < -0.3 is 0 Å². The number of unbranched alkanes of at least 4 members (excludes halogenated alkanes) is 1. The summed E-state index contributed by atoms with van der Waals surface area (Å²) in [5, 5.41) is 8.80. The van der Waals surface area contributed by atoms with E-state index in [2.05, 4.69) is 25.1 Å². The van der Waals surface area contributed by atoms with E-state index in [-0.39, 0.29) is 0 Å². The lowest BCUT2D eigenvalue weighted by Gasteiger charge is -2.28. The maximum atomic E-state index is 8.80. The van der Waals surface area contributed by atoms with Gasteiger partial charge in [-0.3, -0.25) is 0 Å². The van der Waals surface area contributed by atoms with Gasteiger partial charge in [-0.1, -0.05) is 64.0 Å². The van der Waals surface area contributed by atoms with Gasteiger partial charge in [-0.05, 0) is 42.4 Å². The van der Waals surface area contributed by atoms with Gasteiger partial charge in [0.1, 0.15) is 0 Å². The average molecular weight is 269 g/mol. The van der Waals surface area contributed by atoms with E-state index in [1.807, 2.05) is 12.1 Å². The second-order valence-electron chi connectivity index (χ2n) is 6.38. The molecule has 0 saturated heterocycles. The van der Waals surface area contributed by atoms with E-state index in [9.17, 15) is 0 Å². The van der Waals surface area contributed by atoms with Gasteiger partial charge in [0.2, 0.25) is 0 Å². The van der Waals surface area contributed by atoms with Crippen LogP contribution in [0.1, 0.15) is 69.4 Å². The molecular formula is C19H27N. The summed E-state index contributed by atoms with van der Waals surface area (Å²) in [6.45, 7) is 2.29. The van der Waals surface area contributed by atoms with E-state index in [4.69, 9.17) is 5.26 Å². The third kappa shape index (κ3) is 4.67. The van der Waals surface area contributed by atoms with Crippen molar-refractivity contribution in [1.29, 1.82) is 5.26 Å². The molecule has 0 bridgehead atoms. The maximum Gasteiger partial charge on any atom is 0.0991 e. The minimum atomic E-state index is 0.769. The predicted octanol–water partition coefficient (Wildman–Crippen LogP) is 5.49. The number of hydrogen-bond acceptors (Lipinski definition) is 1. The van der Waals surface area contributed by atoms with E-state index < -0.39 is 0 Å². The topological polar surface area (TPSA) is 23.8 Å². The normalized spacial score (nSPS) is 22.4. The van der Waals surface area contributed by atoms with E-state index in [1.165, 1.54) is 63.4 Å². The first-order valence-electron chi connectivity index (χ1n) is 8.31. The van der Waals surface area contributed by atoms with Gasteiger partial charge in [0.15, 0.2) is 0 Å². The Hall–Kier alpha value is -1.29. The van der Waals surface area contributed by atoms with Crippen LogP contribution in [0.25, 0.3) is 0 Å². The molecule has 1 saturated carbocycles. The SMILES string of the molecule is CCCC[C@H]1CC[C@H](CCc2ccc(C#N)cc2)CC1. The van der Waals surface area contributed by atoms with Crippen molar-refractivity contribution in [3.8, 4) is 6.07 Å². The highest BCUT2D eigenvalue weighted by atomic mass is 14.3. The molecule has 0 atom stereocenters. The summed E-state index contributed by atoms with van der Waals surface area (Å²) in [5.74, 6) is 1.95. The van der Waals surface area contributed by atoms with Gasteiger partial charge in [0.25, 0.3) is 0 Å². The van der Waals surface area contributed by atoms with Gasteiger partial charge in [-0.15, -0.1) is 0 Å². The summed E-state index contributed by atoms with van der Waals surface area (Å²) >= 11 is 0. The van der Waals surface area contributed by atoms with Gasteiger partial charge in [0, 0.05) is 0 Å². The molecule has 1 aromatic rings. The Morgan fingerprint density at radius 1 is 1.00 bits per heavy atom. The molecule has 0 heterocycles. The van der Waals surface area contributed by atoms with Crippen LogP contribution in [0.2, 0.25) is 0 Å². The summed E-state index contributed by atoms with van der Waals surface area (Å²) in [5.41, 5.74) is 2.15. The van der Waals surface area contributed by atoms with Crippen LogP contribution in [0.4, 0.5) is 0 Å². The predicted molar refractivity (Wildman–Crippen MR) is 84.5 cm³/mol. The first-order valence-corrected chi connectivity index (χ1v) is 8.31.